The van der Waals surface area contributed by atoms with Gasteiger partial charge in [-0.1, -0.05) is 6.92 Å². The first kappa shape index (κ1) is 11.6. The second-order valence-electron chi connectivity index (χ2n) is 3.78. The van der Waals surface area contributed by atoms with E-state index in [0.29, 0.717) is 18.9 Å². The van der Waals surface area contributed by atoms with Crippen LogP contribution in [-0.2, 0) is 11.8 Å². The van der Waals surface area contributed by atoms with Gasteiger partial charge in [-0.25, -0.2) is 4.68 Å². The van der Waals surface area contributed by atoms with Crippen molar-refractivity contribution in [3.05, 3.63) is 6.33 Å². The van der Waals surface area contributed by atoms with Crippen LogP contribution in [-0.4, -0.2) is 27.2 Å². The average Bonchev–Trinajstić information content (AvgIpc) is 2.63. The van der Waals surface area contributed by atoms with Gasteiger partial charge in [0, 0.05) is 13.6 Å². The number of carbonyl (C=O) groups is 1. The van der Waals surface area contributed by atoms with E-state index in [1.807, 2.05) is 13.8 Å². The molecule has 0 saturated heterocycles. The number of nitrogens with two attached hydrogens (primary N) is 1. The van der Waals surface area contributed by atoms with Crippen LogP contribution in [0.2, 0.25) is 0 Å². The van der Waals surface area contributed by atoms with Crippen molar-refractivity contribution in [1.29, 1.82) is 0 Å². The molecule has 1 aromatic heterocycles. The third kappa shape index (κ3) is 2.33. The summed E-state index contributed by atoms with van der Waals surface area (Å²) in [6.07, 6.45) is 2.08. The molecule has 0 spiro atoms. The topological polar surface area (TPSA) is 85.8 Å². The van der Waals surface area contributed by atoms with Crippen LogP contribution in [0.4, 0.5) is 5.95 Å². The number of aromatic nitrogens is 3. The Hall–Kier alpha value is -1.43. The van der Waals surface area contributed by atoms with Gasteiger partial charge in [-0.15, -0.1) is 0 Å². The first-order valence-corrected chi connectivity index (χ1v) is 4.89. The van der Waals surface area contributed by atoms with Gasteiger partial charge in [0.25, 0.3) is 0 Å². The van der Waals surface area contributed by atoms with Crippen LogP contribution in [0.1, 0.15) is 20.3 Å². The van der Waals surface area contributed by atoms with Gasteiger partial charge >= 0.3 is 0 Å². The molecule has 0 fully saturated rings. The molecule has 0 aliphatic carbocycles. The second kappa shape index (κ2) is 4.39. The summed E-state index contributed by atoms with van der Waals surface area (Å²) < 4.78 is 1.50. The molecule has 0 saturated carbocycles. The molecule has 6 heteroatoms. The summed E-state index contributed by atoms with van der Waals surface area (Å²) in [4.78, 5) is 15.8. The fraction of sp³-hybridized carbons (Fsp3) is 0.667. The van der Waals surface area contributed by atoms with E-state index in [0.717, 1.165) is 0 Å². The normalized spacial score (nSPS) is 14.7. The smallest absolute Gasteiger partial charge is 0.233 e. The summed E-state index contributed by atoms with van der Waals surface area (Å²) in [5, 5.41) is 6.57. The molecule has 1 unspecified atom stereocenters. The molecule has 0 aliphatic heterocycles. The molecule has 0 aromatic carbocycles. The number of hydrogen-bond donors (Lipinski definition) is 2. The summed E-state index contributed by atoms with van der Waals surface area (Å²) >= 11 is 0. The van der Waals surface area contributed by atoms with Crippen LogP contribution in [0.3, 0.4) is 0 Å². The van der Waals surface area contributed by atoms with Gasteiger partial charge in [0.15, 0.2) is 0 Å². The van der Waals surface area contributed by atoms with Crippen molar-refractivity contribution in [1.82, 2.24) is 14.8 Å². The summed E-state index contributed by atoms with van der Waals surface area (Å²) in [7, 11) is 1.72. The third-order valence-electron chi connectivity index (χ3n) is 2.72. The number of aryl methyl sites for hydroxylation is 1. The highest BCUT2D eigenvalue weighted by atomic mass is 16.2. The number of carbonyl (C=O) groups excluding carboxylic acids is 1. The minimum Gasteiger partial charge on any atom is -0.329 e. The Balaban J connectivity index is 2.75. The van der Waals surface area contributed by atoms with E-state index in [1.54, 1.807) is 7.05 Å². The van der Waals surface area contributed by atoms with Crippen molar-refractivity contribution in [2.45, 2.75) is 20.3 Å². The van der Waals surface area contributed by atoms with Gasteiger partial charge < -0.3 is 5.73 Å². The van der Waals surface area contributed by atoms with E-state index < -0.39 is 5.41 Å². The van der Waals surface area contributed by atoms with Crippen LogP contribution in [0.15, 0.2) is 6.33 Å². The molecule has 1 aromatic rings. The number of anilines is 1. The van der Waals surface area contributed by atoms with Crippen LogP contribution >= 0.6 is 0 Å². The Kier molecular flexibility index (Phi) is 3.41. The zero-order valence-electron chi connectivity index (χ0n) is 9.32. The molecule has 0 bridgehead atoms. The van der Waals surface area contributed by atoms with E-state index in [9.17, 15) is 4.79 Å². The van der Waals surface area contributed by atoms with Crippen LogP contribution in [0.25, 0.3) is 0 Å². The number of nitrogens with zero attached hydrogens (tertiary/aromatic N) is 3. The van der Waals surface area contributed by atoms with Crippen molar-refractivity contribution in [2.75, 3.05) is 11.9 Å². The number of hydrogen-bond acceptors (Lipinski definition) is 4. The predicted octanol–water partition coefficient (Wildman–Crippen LogP) is 0.129. The lowest BCUT2D eigenvalue weighted by Crippen LogP contribution is -2.39. The van der Waals surface area contributed by atoms with E-state index >= 15 is 0 Å². The van der Waals surface area contributed by atoms with E-state index in [4.69, 9.17) is 5.73 Å². The molecule has 6 nitrogen and oxygen atoms in total. The second-order valence-corrected chi connectivity index (χ2v) is 3.78. The van der Waals surface area contributed by atoms with Crippen molar-refractivity contribution in [3.63, 3.8) is 0 Å². The quantitative estimate of drug-likeness (QED) is 0.741. The minimum absolute atomic E-state index is 0.122. The van der Waals surface area contributed by atoms with Gasteiger partial charge in [-0.3, -0.25) is 10.1 Å². The SMILES string of the molecule is CCC(C)(CN)C(=O)Nc1ncnn1C. The van der Waals surface area contributed by atoms with E-state index in [1.165, 1.54) is 11.0 Å². The van der Waals surface area contributed by atoms with E-state index in [2.05, 4.69) is 15.4 Å². The Morgan fingerprint density at radius 2 is 2.40 bits per heavy atom. The molecule has 0 radical (unpaired) electrons. The van der Waals surface area contributed by atoms with Crippen LogP contribution in [0.5, 0.6) is 0 Å². The lowest BCUT2D eigenvalue weighted by molar-refractivity contribution is -0.124. The summed E-state index contributed by atoms with van der Waals surface area (Å²) in [6.45, 7) is 4.08. The molecule has 15 heavy (non-hydrogen) atoms. The molecule has 1 heterocycles. The van der Waals surface area contributed by atoms with Gasteiger partial charge in [-0.05, 0) is 13.3 Å². The van der Waals surface area contributed by atoms with Gasteiger partial charge in [0.1, 0.15) is 6.33 Å². The first-order valence-electron chi connectivity index (χ1n) is 4.89. The Bertz CT molecular complexity index is 342. The van der Waals surface area contributed by atoms with Crippen molar-refractivity contribution in [2.24, 2.45) is 18.2 Å². The number of nitrogens with one attached hydrogen (secondary N) is 1. The lowest BCUT2D eigenvalue weighted by Gasteiger charge is -2.24. The van der Waals surface area contributed by atoms with Crippen LogP contribution < -0.4 is 11.1 Å². The molecule has 1 atom stereocenters. The summed E-state index contributed by atoms with van der Waals surface area (Å²) in [5.74, 6) is 0.316. The maximum absolute atomic E-state index is 11.9. The third-order valence-corrected chi connectivity index (χ3v) is 2.72. The maximum Gasteiger partial charge on any atom is 0.233 e. The Morgan fingerprint density at radius 3 is 2.80 bits per heavy atom. The maximum atomic E-state index is 11.9. The molecule has 0 aliphatic rings. The van der Waals surface area contributed by atoms with Crippen molar-refractivity contribution >= 4 is 11.9 Å². The largest absolute Gasteiger partial charge is 0.329 e. The Labute approximate surface area is 88.9 Å². The zero-order chi connectivity index (χ0) is 11.5. The summed E-state index contributed by atoms with van der Waals surface area (Å²) in [6, 6.07) is 0. The van der Waals surface area contributed by atoms with Crippen LogP contribution in [0, 0.1) is 5.41 Å². The first-order chi connectivity index (χ1) is 7.03. The highest BCUT2D eigenvalue weighted by Gasteiger charge is 2.30. The molecule has 1 rings (SSSR count). The van der Waals surface area contributed by atoms with Gasteiger partial charge in [0.05, 0.1) is 5.41 Å². The number of amides is 1. The monoisotopic (exact) mass is 211 g/mol. The fourth-order valence-corrected chi connectivity index (χ4v) is 1.06. The lowest BCUT2D eigenvalue weighted by atomic mass is 9.87. The fourth-order valence-electron chi connectivity index (χ4n) is 1.06. The van der Waals surface area contributed by atoms with Crippen molar-refractivity contribution in [3.8, 4) is 0 Å². The average molecular weight is 211 g/mol. The minimum atomic E-state index is -0.550. The molecule has 1 amide bonds. The number of rotatable bonds is 4. The summed E-state index contributed by atoms with van der Waals surface area (Å²) in [5.41, 5.74) is 5.03. The van der Waals surface area contributed by atoms with E-state index in [-0.39, 0.29) is 5.91 Å². The molecular weight excluding hydrogens is 194 g/mol. The van der Waals surface area contributed by atoms with Crippen molar-refractivity contribution < 1.29 is 4.79 Å². The van der Waals surface area contributed by atoms with Gasteiger partial charge in [-0.2, -0.15) is 10.1 Å². The standard InChI is InChI=1S/C9H17N5O/c1-4-9(2,5-10)7(15)13-8-11-6-12-14(8)3/h6H,4-5,10H2,1-3H3,(H,11,12,13,15). The van der Waals surface area contributed by atoms with Gasteiger partial charge in [0.2, 0.25) is 11.9 Å². The highest BCUT2D eigenvalue weighted by molar-refractivity contribution is 5.93. The predicted molar refractivity (Wildman–Crippen MR) is 57.1 cm³/mol. The highest BCUT2D eigenvalue weighted by Crippen LogP contribution is 2.20. The zero-order valence-corrected chi connectivity index (χ0v) is 9.32. The Morgan fingerprint density at radius 1 is 1.73 bits per heavy atom. The molecule has 84 valence electrons. The molecule has 3 N–H and O–H groups in total. The molecular formula is C9H17N5O.